The van der Waals surface area contributed by atoms with Gasteiger partial charge in [0.05, 0.1) is 18.9 Å². The number of aliphatic carboxylic acids is 1. The van der Waals surface area contributed by atoms with Gasteiger partial charge in [-0.3, -0.25) is 9.59 Å². The summed E-state index contributed by atoms with van der Waals surface area (Å²) >= 11 is 0. The number of carboxylic acids is 1. The van der Waals surface area contributed by atoms with Crippen molar-refractivity contribution in [1.29, 1.82) is 0 Å². The van der Waals surface area contributed by atoms with E-state index < -0.39 is 17.9 Å². The van der Waals surface area contributed by atoms with Crippen LogP contribution in [0.3, 0.4) is 0 Å². The van der Waals surface area contributed by atoms with Crippen LogP contribution in [0.1, 0.15) is 39.0 Å². The average molecular weight is 226 g/mol. The SMILES string of the molecule is CCOC(=O)C(CC(=O)O)C1=CCCCC1. The minimum absolute atomic E-state index is 0.162. The van der Waals surface area contributed by atoms with Gasteiger partial charge in [-0.25, -0.2) is 0 Å². The Labute approximate surface area is 95.3 Å². The molecular formula is C12H18O4. The van der Waals surface area contributed by atoms with Gasteiger partial charge in [-0.05, 0) is 32.6 Å². The number of carboxylic acid groups (broad SMARTS) is 1. The van der Waals surface area contributed by atoms with Gasteiger partial charge in [0.25, 0.3) is 0 Å². The molecule has 0 aliphatic heterocycles. The third-order valence-corrected chi connectivity index (χ3v) is 2.72. The molecular weight excluding hydrogens is 208 g/mol. The van der Waals surface area contributed by atoms with Crippen molar-refractivity contribution in [1.82, 2.24) is 0 Å². The number of ether oxygens (including phenoxy) is 1. The number of esters is 1. The highest BCUT2D eigenvalue weighted by Gasteiger charge is 2.27. The van der Waals surface area contributed by atoms with Crippen LogP contribution in [0, 0.1) is 5.92 Å². The Kier molecular flexibility index (Phi) is 5.02. The molecule has 0 bridgehead atoms. The van der Waals surface area contributed by atoms with Crippen LogP contribution < -0.4 is 0 Å². The second kappa shape index (κ2) is 6.30. The molecule has 4 heteroatoms. The minimum atomic E-state index is -0.954. The lowest BCUT2D eigenvalue weighted by molar-refractivity contribution is -0.151. The first-order chi connectivity index (χ1) is 7.65. The van der Waals surface area contributed by atoms with Gasteiger partial charge in [0, 0.05) is 0 Å². The second-order valence-electron chi connectivity index (χ2n) is 3.93. The molecule has 1 N–H and O–H groups in total. The Bertz CT molecular complexity index is 293. The molecule has 0 heterocycles. The highest BCUT2D eigenvalue weighted by Crippen LogP contribution is 2.27. The number of rotatable bonds is 5. The Morgan fingerprint density at radius 3 is 2.75 bits per heavy atom. The van der Waals surface area contributed by atoms with Gasteiger partial charge in [-0.1, -0.05) is 11.6 Å². The van der Waals surface area contributed by atoms with Crippen molar-refractivity contribution in [2.75, 3.05) is 6.61 Å². The maximum Gasteiger partial charge on any atom is 0.313 e. The van der Waals surface area contributed by atoms with Crippen molar-refractivity contribution in [3.05, 3.63) is 11.6 Å². The summed E-state index contributed by atoms with van der Waals surface area (Å²) in [7, 11) is 0. The Balaban J connectivity index is 2.72. The van der Waals surface area contributed by atoms with Gasteiger partial charge in [-0.2, -0.15) is 0 Å². The summed E-state index contributed by atoms with van der Waals surface area (Å²) in [6, 6.07) is 0. The van der Waals surface area contributed by atoms with Crippen LogP contribution >= 0.6 is 0 Å². The molecule has 0 radical (unpaired) electrons. The fraction of sp³-hybridized carbons (Fsp3) is 0.667. The fourth-order valence-electron chi connectivity index (χ4n) is 1.96. The Hall–Kier alpha value is -1.32. The topological polar surface area (TPSA) is 63.6 Å². The van der Waals surface area contributed by atoms with Crippen molar-refractivity contribution >= 4 is 11.9 Å². The molecule has 0 spiro atoms. The van der Waals surface area contributed by atoms with Crippen molar-refractivity contribution in [3.63, 3.8) is 0 Å². The van der Waals surface area contributed by atoms with E-state index in [4.69, 9.17) is 9.84 Å². The van der Waals surface area contributed by atoms with Gasteiger partial charge >= 0.3 is 11.9 Å². The monoisotopic (exact) mass is 226 g/mol. The van der Waals surface area contributed by atoms with E-state index >= 15 is 0 Å². The number of hydrogen-bond acceptors (Lipinski definition) is 3. The van der Waals surface area contributed by atoms with Crippen LogP contribution in [0.5, 0.6) is 0 Å². The molecule has 0 saturated heterocycles. The van der Waals surface area contributed by atoms with Gasteiger partial charge < -0.3 is 9.84 Å². The largest absolute Gasteiger partial charge is 0.481 e. The zero-order chi connectivity index (χ0) is 12.0. The summed E-state index contributed by atoms with van der Waals surface area (Å²) < 4.78 is 4.92. The normalized spacial score (nSPS) is 17.4. The molecule has 90 valence electrons. The highest BCUT2D eigenvalue weighted by atomic mass is 16.5. The summed E-state index contributed by atoms with van der Waals surface area (Å²) in [6.07, 6.45) is 5.73. The molecule has 0 aromatic rings. The molecule has 1 aliphatic carbocycles. The molecule has 0 saturated carbocycles. The van der Waals surface area contributed by atoms with Gasteiger partial charge in [-0.15, -0.1) is 0 Å². The molecule has 0 aromatic heterocycles. The van der Waals surface area contributed by atoms with Crippen LogP contribution in [0.25, 0.3) is 0 Å². The van der Waals surface area contributed by atoms with Crippen molar-refractivity contribution < 1.29 is 19.4 Å². The lowest BCUT2D eigenvalue weighted by Gasteiger charge is -2.20. The van der Waals surface area contributed by atoms with E-state index in [9.17, 15) is 9.59 Å². The molecule has 16 heavy (non-hydrogen) atoms. The number of carbonyl (C=O) groups is 2. The first-order valence-electron chi connectivity index (χ1n) is 5.72. The number of carbonyl (C=O) groups excluding carboxylic acids is 1. The van der Waals surface area contributed by atoms with Gasteiger partial charge in [0.2, 0.25) is 0 Å². The first-order valence-corrected chi connectivity index (χ1v) is 5.72. The quantitative estimate of drug-likeness (QED) is 0.576. The van der Waals surface area contributed by atoms with Crippen molar-refractivity contribution in [2.45, 2.75) is 39.0 Å². The molecule has 0 amide bonds. The van der Waals surface area contributed by atoms with E-state index in [2.05, 4.69) is 0 Å². The van der Waals surface area contributed by atoms with Crippen molar-refractivity contribution in [2.24, 2.45) is 5.92 Å². The fourth-order valence-corrected chi connectivity index (χ4v) is 1.96. The second-order valence-corrected chi connectivity index (χ2v) is 3.93. The lowest BCUT2D eigenvalue weighted by Crippen LogP contribution is -2.23. The first kappa shape index (κ1) is 12.7. The summed E-state index contributed by atoms with van der Waals surface area (Å²) in [4.78, 5) is 22.4. The van der Waals surface area contributed by atoms with Gasteiger partial charge in [0.1, 0.15) is 0 Å². The van der Waals surface area contributed by atoms with E-state index in [1.54, 1.807) is 6.92 Å². The number of allylic oxidation sites excluding steroid dienone is 1. The summed E-state index contributed by atoms with van der Waals surface area (Å²) in [5.74, 6) is -1.94. The van der Waals surface area contributed by atoms with E-state index in [1.807, 2.05) is 6.08 Å². The predicted octanol–water partition coefficient (Wildman–Crippen LogP) is 2.14. The maximum atomic E-state index is 11.7. The Morgan fingerprint density at radius 1 is 1.50 bits per heavy atom. The molecule has 1 rings (SSSR count). The molecule has 0 aromatic carbocycles. The maximum absolute atomic E-state index is 11.7. The van der Waals surface area contributed by atoms with Gasteiger partial charge in [0.15, 0.2) is 0 Å². The van der Waals surface area contributed by atoms with Crippen LogP contribution in [0.2, 0.25) is 0 Å². The Morgan fingerprint density at radius 2 is 2.25 bits per heavy atom. The minimum Gasteiger partial charge on any atom is -0.481 e. The summed E-state index contributed by atoms with van der Waals surface area (Å²) in [6.45, 7) is 2.02. The molecule has 4 nitrogen and oxygen atoms in total. The van der Waals surface area contributed by atoms with Crippen LogP contribution in [-0.2, 0) is 14.3 Å². The van der Waals surface area contributed by atoms with Crippen LogP contribution in [0.15, 0.2) is 11.6 Å². The predicted molar refractivity (Wildman–Crippen MR) is 58.9 cm³/mol. The van der Waals surface area contributed by atoms with E-state index in [1.165, 1.54) is 0 Å². The van der Waals surface area contributed by atoms with E-state index in [0.717, 1.165) is 31.3 Å². The smallest absolute Gasteiger partial charge is 0.313 e. The van der Waals surface area contributed by atoms with Crippen LogP contribution in [0.4, 0.5) is 0 Å². The number of hydrogen-bond donors (Lipinski definition) is 1. The van der Waals surface area contributed by atoms with Crippen molar-refractivity contribution in [3.8, 4) is 0 Å². The molecule has 1 aliphatic rings. The zero-order valence-corrected chi connectivity index (χ0v) is 9.57. The van der Waals surface area contributed by atoms with E-state index in [-0.39, 0.29) is 6.42 Å². The molecule has 0 fully saturated rings. The molecule has 1 atom stereocenters. The summed E-state index contributed by atoms with van der Waals surface area (Å²) in [5.41, 5.74) is 0.937. The third-order valence-electron chi connectivity index (χ3n) is 2.72. The van der Waals surface area contributed by atoms with E-state index in [0.29, 0.717) is 6.61 Å². The third kappa shape index (κ3) is 3.68. The lowest BCUT2D eigenvalue weighted by atomic mass is 9.87. The highest BCUT2D eigenvalue weighted by molar-refractivity contribution is 5.81. The zero-order valence-electron chi connectivity index (χ0n) is 9.57. The summed E-state index contributed by atoms with van der Waals surface area (Å²) in [5, 5.41) is 8.80. The molecule has 1 unspecified atom stereocenters. The van der Waals surface area contributed by atoms with Crippen LogP contribution in [-0.4, -0.2) is 23.7 Å². The average Bonchev–Trinajstić information content (AvgIpc) is 2.27. The standard InChI is InChI=1S/C12H18O4/c1-2-16-12(15)10(8-11(13)14)9-6-4-3-5-7-9/h6,10H,2-5,7-8H2,1H3,(H,13,14).